The van der Waals surface area contributed by atoms with E-state index in [2.05, 4.69) is 10.5 Å². The number of amides is 1. The maximum absolute atomic E-state index is 12.4. The Morgan fingerprint density at radius 3 is 2.19 bits per heavy atom. The quantitative estimate of drug-likeness (QED) is 0.400. The fourth-order valence-corrected chi connectivity index (χ4v) is 3.00. The molecule has 0 fully saturated rings. The molecule has 0 saturated carbocycles. The minimum Gasteiger partial charge on any atom is -0.493 e. The first-order chi connectivity index (χ1) is 15.5. The minimum absolute atomic E-state index is 0.342. The average Bonchev–Trinajstić information content (AvgIpc) is 2.83. The zero-order valence-electron chi connectivity index (χ0n) is 18.5. The van der Waals surface area contributed by atoms with Gasteiger partial charge in [0, 0.05) is 11.1 Å². The monoisotopic (exact) mass is 434 g/mol. The molecule has 0 aliphatic carbocycles. The van der Waals surface area contributed by atoms with Crippen molar-refractivity contribution in [3.8, 4) is 23.0 Å². The van der Waals surface area contributed by atoms with Gasteiger partial charge in [-0.3, -0.25) is 4.79 Å². The molecule has 0 aliphatic heterocycles. The molecule has 0 spiro atoms. The molecule has 3 aromatic carbocycles. The van der Waals surface area contributed by atoms with Crippen LogP contribution in [0.15, 0.2) is 65.8 Å². The Bertz CT molecular complexity index is 1080. The first kappa shape index (κ1) is 22.7. The summed E-state index contributed by atoms with van der Waals surface area (Å²) >= 11 is 0. The molecule has 32 heavy (non-hydrogen) atoms. The van der Waals surface area contributed by atoms with Crippen LogP contribution in [0.3, 0.4) is 0 Å². The molecule has 166 valence electrons. The van der Waals surface area contributed by atoms with E-state index in [9.17, 15) is 4.79 Å². The molecule has 1 amide bonds. The minimum atomic E-state index is -0.342. The van der Waals surface area contributed by atoms with E-state index in [1.165, 1.54) is 26.0 Å². The van der Waals surface area contributed by atoms with Crippen molar-refractivity contribution in [2.75, 3.05) is 21.3 Å². The van der Waals surface area contributed by atoms with E-state index in [0.29, 0.717) is 40.7 Å². The van der Waals surface area contributed by atoms with Gasteiger partial charge >= 0.3 is 0 Å². The molecule has 0 heterocycles. The first-order valence-electron chi connectivity index (χ1n) is 9.96. The molecule has 0 unspecified atom stereocenters. The summed E-state index contributed by atoms with van der Waals surface area (Å²) in [6.07, 6.45) is 1.48. The molecule has 0 aliphatic rings. The van der Waals surface area contributed by atoms with E-state index in [0.717, 1.165) is 5.56 Å². The van der Waals surface area contributed by atoms with Gasteiger partial charge in [0.05, 0.1) is 27.5 Å². The number of ether oxygens (including phenoxy) is 4. The number of hydrazone groups is 1. The Hall–Kier alpha value is -4.00. The van der Waals surface area contributed by atoms with Crippen LogP contribution in [0.5, 0.6) is 23.0 Å². The molecule has 3 aromatic rings. The predicted octanol–water partition coefficient (Wildman–Crippen LogP) is 4.36. The lowest BCUT2D eigenvalue weighted by Crippen LogP contribution is -2.17. The SMILES string of the molecule is COc1ccc(/C=N\NC(=O)c2ccc(OCc3ccc(C)cc3)cc2)c(OC)c1OC. The van der Waals surface area contributed by atoms with Crippen LogP contribution in [0, 0.1) is 6.92 Å². The summed E-state index contributed by atoms with van der Waals surface area (Å²) in [5.41, 5.74) is 5.89. The lowest BCUT2D eigenvalue weighted by Gasteiger charge is -2.13. The van der Waals surface area contributed by atoms with Crippen molar-refractivity contribution in [3.05, 3.63) is 82.9 Å². The van der Waals surface area contributed by atoms with Crippen molar-refractivity contribution in [1.29, 1.82) is 0 Å². The molecule has 3 rings (SSSR count). The fourth-order valence-electron chi connectivity index (χ4n) is 3.00. The highest BCUT2D eigenvalue weighted by Crippen LogP contribution is 2.38. The van der Waals surface area contributed by atoms with Crippen molar-refractivity contribution in [2.24, 2.45) is 5.10 Å². The molecule has 0 saturated heterocycles. The molecule has 7 heteroatoms. The zero-order valence-corrected chi connectivity index (χ0v) is 18.5. The van der Waals surface area contributed by atoms with Crippen LogP contribution in [-0.2, 0) is 6.61 Å². The standard InChI is InChI=1S/C25H26N2O5/c1-17-5-7-18(8-6-17)16-32-21-12-9-19(10-13-21)25(28)27-26-15-20-11-14-22(29-2)24(31-4)23(20)30-3/h5-15H,16H2,1-4H3,(H,27,28)/b26-15-. The maximum Gasteiger partial charge on any atom is 0.271 e. The Morgan fingerprint density at radius 2 is 1.56 bits per heavy atom. The molecule has 0 atom stereocenters. The highest BCUT2D eigenvalue weighted by Gasteiger charge is 2.14. The summed E-state index contributed by atoms with van der Waals surface area (Å²) < 4.78 is 21.8. The third kappa shape index (κ3) is 5.57. The summed E-state index contributed by atoms with van der Waals surface area (Å²) in [5, 5.41) is 4.03. The van der Waals surface area contributed by atoms with Crippen LogP contribution in [0.25, 0.3) is 0 Å². The second-order valence-corrected chi connectivity index (χ2v) is 6.92. The molecule has 0 aromatic heterocycles. The van der Waals surface area contributed by atoms with Crippen LogP contribution in [0.2, 0.25) is 0 Å². The van der Waals surface area contributed by atoms with E-state index in [1.807, 2.05) is 31.2 Å². The predicted molar refractivity (Wildman–Crippen MR) is 123 cm³/mol. The van der Waals surface area contributed by atoms with Crippen molar-refractivity contribution in [2.45, 2.75) is 13.5 Å². The summed E-state index contributed by atoms with van der Waals surface area (Å²) in [6.45, 7) is 2.51. The Morgan fingerprint density at radius 1 is 0.875 bits per heavy atom. The average molecular weight is 434 g/mol. The van der Waals surface area contributed by atoms with Gasteiger partial charge in [0.25, 0.3) is 5.91 Å². The molecular formula is C25H26N2O5. The number of benzene rings is 3. The molecule has 0 radical (unpaired) electrons. The van der Waals surface area contributed by atoms with Crippen molar-refractivity contribution < 1.29 is 23.7 Å². The summed E-state index contributed by atoms with van der Waals surface area (Å²) in [5.74, 6) is 1.79. The maximum atomic E-state index is 12.4. The highest BCUT2D eigenvalue weighted by atomic mass is 16.5. The third-order valence-electron chi connectivity index (χ3n) is 4.75. The lowest BCUT2D eigenvalue weighted by molar-refractivity contribution is 0.0955. The van der Waals surface area contributed by atoms with E-state index < -0.39 is 0 Å². The Kier molecular flexibility index (Phi) is 7.70. The highest BCUT2D eigenvalue weighted by molar-refractivity contribution is 5.95. The first-order valence-corrected chi connectivity index (χ1v) is 9.96. The fraction of sp³-hybridized carbons (Fsp3) is 0.200. The summed E-state index contributed by atoms with van der Waals surface area (Å²) in [7, 11) is 4.59. The smallest absolute Gasteiger partial charge is 0.271 e. The van der Waals surface area contributed by atoms with E-state index in [-0.39, 0.29) is 5.91 Å². The van der Waals surface area contributed by atoms with E-state index in [4.69, 9.17) is 18.9 Å². The Labute approximate surface area is 187 Å². The number of rotatable bonds is 9. The second-order valence-electron chi connectivity index (χ2n) is 6.92. The van der Waals surface area contributed by atoms with Crippen LogP contribution >= 0.6 is 0 Å². The lowest BCUT2D eigenvalue weighted by atomic mass is 10.2. The number of nitrogens with zero attached hydrogens (tertiary/aromatic N) is 1. The van der Waals surface area contributed by atoms with Gasteiger partial charge in [0.15, 0.2) is 11.5 Å². The number of carbonyl (C=O) groups is 1. The van der Waals surface area contributed by atoms with Gasteiger partial charge in [-0.1, -0.05) is 29.8 Å². The number of hydrogen-bond acceptors (Lipinski definition) is 6. The summed E-state index contributed by atoms with van der Waals surface area (Å²) in [6, 6.07) is 18.5. The normalized spacial score (nSPS) is 10.6. The molecular weight excluding hydrogens is 408 g/mol. The number of aryl methyl sites for hydroxylation is 1. The number of hydrogen-bond donors (Lipinski definition) is 1. The molecule has 1 N–H and O–H groups in total. The zero-order chi connectivity index (χ0) is 22.9. The van der Waals surface area contributed by atoms with Crippen molar-refractivity contribution in [3.63, 3.8) is 0 Å². The van der Waals surface area contributed by atoms with Gasteiger partial charge in [-0.15, -0.1) is 0 Å². The van der Waals surface area contributed by atoms with Gasteiger partial charge in [-0.25, -0.2) is 5.43 Å². The van der Waals surface area contributed by atoms with Gasteiger partial charge in [-0.05, 0) is 48.9 Å². The number of carbonyl (C=O) groups excluding carboxylic acids is 1. The van der Waals surface area contributed by atoms with E-state index >= 15 is 0 Å². The summed E-state index contributed by atoms with van der Waals surface area (Å²) in [4.78, 5) is 12.4. The van der Waals surface area contributed by atoms with Crippen LogP contribution < -0.4 is 24.4 Å². The van der Waals surface area contributed by atoms with Gasteiger partial charge in [0.1, 0.15) is 12.4 Å². The van der Waals surface area contributed by atoms with Gasteiger partial charge < -0.3 is 18.9 Å². The second kappa shape index (κ2) is 10.9. The van der Waals surface area contributed by atoms with Crippen LogP contribution in [-0.4, -0.2) is 33.5 Å². The number of methoxy groups -OCH3 is 3. The van der Waals surface area contributed by atoms with Gasteiger partial charge in [-0.2, -0.15) is 5.10 Å². The Balaban J connectivity index is 1.60. The topological polar surface area (TPSA) is 78.4 Å². The van der Waals surface area contributed by atoms with Crippen molar-refractivity contribution >= 4 is 12.1 Å². The van der Waals surface area contributed by atoms with Crippen molar-refractivity contribution in [1.82, 2.24) is 5.43 Å². The largest absolute Gasteiger partial charge is 0.493 e. The van der Waals surface area contributed by atoms with Crippen LogP contribution in [0.1, 0.15) is 27.0 Å². The number of nitrogens with one attached hydrogen (secondary N) is 1. The van der Waals surface area contributed by atoms with E-state index in [1.54, 1.807) is 43.5 Å². The molecule has 7 nitrogen and oxygen atoms in total. The van der Waals surface area contributed by atoms with Gasteiger partial charge in [0.2, 0.25) is 5.75 Å². The molecule has 0 bridgehead atoms. The van der Waals surface area contributed by atoms with Crippen LogP contribution in [0.4, 0.5) is 0 Å². The third-order valence-corrected chi connectivity index (χ3v) is 4.75.